The molecule has 6 heteroatoms. The molecule has 0 unspecified atom stereocenters. The topological polar surface area (TPSA) is 72.6 Å². The molecular formula is C19H27ClN2O3. The molecule has 0 aliphatic carbocycles. The fourth-order valence-corrected chi connectivity index (χ4v) is 3.79. The van der Waals surface area contributed by atoms with Crippen LogP contribution >= 0.6 is 12.4 Å². The third-order valence-electron chi connectivity index (χ3n) is 5.51. The Hall–Kier alpha value is -1.43. The number of ether oxygens (including phenoxy) is 1. The summed E-state index contributed by atoms with van der Waals surface area (Å²) in [7, 11) is 0. The molecule has 2 saturated heterocycles. The van der Waals surface area contributed by atoms with Gasteiger partial charge in [0, 0.05) is 44.3 Å². The number of amides is 1. The van der Waals surface area contributed by atoms with E-state index in [1.54, 1.807) is 0 Å². The van der Waals surface area contributed by atoms with Crippen molar-refractivity contribution in [3.05, 3.63) is 35.9 Å². The highest BCUT2D eigenvalue weighted by molar-refractivity contribution is 5.98. The van der Waals surface area contributed by atoms with Gasteiger partial charge in [0.25, 0.3) is 0 Å². The minimum Gasteiger partial charge on any atom is -0.381 e. The molecule has 0 bridgehead atoms. The second kappa shape index (κ2) is 8.79. The first-order chi connectivity index (χ1) is 11.7. The third-order valence-corrected chi connectivity index (χ3v) is 5.51. The second-order valence-electron chi connectivity index (χ2n) is 6.89. The Morgan fingerprint density at radius 3 is 2.28 bits per heavy atom. The van der Waals surface area contributed by atoms with Gasteiger partial charge in [-0.3, -0.25) is 9.59 Å². The molecule has 1 aromatic rings. The number of likely N-dealkylation sites (tertiary alicyclic amines) is 1. The van der Waals surface area contributed by atoms with Gasteiger partial charge in [0.05, 0.1) is 5.41 Å². The van der Waals surface area contributed by atoms with Crippen LogP contribution in [0.3, 0.4) is 0 Å². The Morgan fingerprint density at radius 2 is 1.72 bits per heavy atom. The third kappa shape index (κ3) is 4.22. The summed E-state index contributed by atoms with van der Waals surface area (Å²) in [6.45, 7) is 2.87. The van der Waals surface area contributed by atoms with E-state index in [2.05, 4.69) is 0 Å². The number of carbonyl (C=O) groups excluding carboxylic acids is 2. The largest absolute Gasteiger partial charge is 0.381 e. The fraction of sp³-hybridized carbons (Fsp3) is 0.579. The molecule has 3 rings (SSSR count). The highest BCUT2D eigenvalue weighted by Gasteiger charge is 2.42. The summed E-state index contributed by atoms with van der Waals surface area (Å²) < 4.78 is 5.39. The van der Waals surface area contributed by atoms with Gasteiger partial charge in [0.2, 0.25) is 5.91 Å². The van der Waals surface area contributed by atoms with Crippen LogP contribution in [0, 0.1) is 11.3 Å². The second-order valence-corrected chi connectivity index (χ2v) is 6.89. The zero-order chi connectivity index (χ0) is 17.0. The molecule has 25 heavy (non-hydrogen) atoms. The highest BCUT2D eigenvalue weighted by Crippen LogP contribution is 2.33. The van der Waals surface area contributed by atoms with Crippen LogP contribution in [0.25, 0.3) is 0 Å². The van der Waals surface area contributed by atoms with Crippen LogP contribution in [0.1, 0.15) is 36.0 Å². The standard InChI is InChI=1S/C19H26N2O3.ClH/c20-14-19(8-12-24-13-9-19)18(23)21-10-6-16(7-11-21)17(22)15-4-2-1-3-5-15;/h1-5,16H,6-14,20H2;1H. The van der Waals surface area contributed by atoms with Gasteiger partial charge in [-0.05, 0) is 25.7 Å². The highest BCUT2D eigenvalue weighted by atomic mass is 35.5. The molecule has 2 N–H and O–H groups in total. The van der Waals surface area contributed by atoms with Crippen molar-refractivity contribution in [1.29, 1.82) is 0 Å². The first-order valence-corrected chi connectivity index (χ1v) is 8.83. The SMILES string of the molecule is Cl.NCC1(C(=O)N2CCC(C(=O)c3ccccc3)CC2)CCOCC1. The van der Waals surface area contributed by atoms with E-state index in [1.165, 1.54) is 0 Å². The molecule has 0 saturated carbocycles. The maximum absolute atomic E-state index is 13.0. The maximum atomic E-state index is 13.0. The molecule has 138 valence electrons. The number of nitrogens with zero attached hydrogens (tertiary/aromatic N) is 1. The lowest BCUT2D eigenvalue weighted by Gasteiger charge is -2.41. The van der Waals surface area contributed by atoms with Crippen molar-refractivity contribution in [3.63, 3.8) is 0 Å². The van der Waals surface area contributed by atoms with Crippen molar-refractivity contribution in [2.45, 2.75) is 25.7 Å². The molecule has 1 aromatic carbocycles. The lowest BCUT2D eigenvalue weighted by molar-refractivity contribution is -0.148. The lowest BCUT2D eigenvalue weighted by atomic mass is 9.78. The minimum absolute atomic E-state index is 0. The van der Waals surface area contributed by atoms with Crippen LogP contribution in [-0.4, -0.2) is 49.4 Å². The van der Waals surface area contributed by atoms with E-state index < -0.39 is 5.41 Å². The number of benzene rings is 1. The number of nitrogens with two attached hydrogens (primary N) is 1. The zero-order valence-corrected chi connectivity index (χ0v) is 15.3. The van der Waals surface area contributed by atoms with Gasteiger partial charge in [0.15, 0.2) is 5.78 Å². The van der Waals surface area contributed by atoms with E-state index in [1.807, 2.05) is 35.2 Å². The first-order valence-electron chi connectivity index (χ1n) is 8.83. The van der Waals surface area contributed by atoms with Crippen molar-refractivity contribution in [1.82, 2.24) is 4.90 Å². The number of halogens is 1. The van der Waals surface area contributed by atoms with E-state index in [4.69, 9.17) is 10.5 Å². The molecule has 0 aromatic heterocycles. The van der Waals surface area contributed by atoms with Crippen molar-refractivity contribution in [2.24, 2.45) is 17.1 Å². The summed E-state index contributed by atoms with van der Waals surface area (Å²) in [5, 5.41) is 0. The number of rotatable bonds is 4. The van der Waals surface area contributed by atoms with E-state index >= 15 is 0 Å². The van der Waals surface area contributed by atoms with Crippen LogP contribution in [0.5, 0.6) is 0 Å². The number of Topliss-reactive ketones (excluding diaryl/α,β-unsaturated/α-hetero) is 1. The quantitative estimate of drug-likeness (QED) is 0.830. The van der Waals surface area contributed by atoms with Crippen LogP contribution in [0.4, 0.5) is 0 Å². The summed E-state index contributed by atoms with van der Waals surface area (Å²) in [6.07, 6.45) is 2.86. The van der Waals surface area contributed by atoms with Gasteiger partial charge >= 0.3 is 0 Å². The summed E-state index contributed by atoms with van der Waals surface area (Å²) in [4.78, 5) is 27.4. The maximum Gasteiger partial charge on any atom is 0.230 e. The Kier molecular flexibility index (Phi) is 6.99. The number of piperidine rings is 1. The van der Waals surface area contributed by atoms with Crippen molar-refractivity contribution in [3.8, 4) is 0 Å². The van der Waals surface area contributed by atoms with Gasteiger partial charge in [-0.25, -0.2) is 0 Å². The molecule has 2 fully saturated rings. The summed E-state index contributed by atoms with van der Waals surface area (Å²) in [5.74, 6) is 0.362. The Bertz CT molecular complexity index is 580. The average Bonchev–Trinajstić information content (AvgIpc) is 2.68. The summed E-state index contributed by atoms with van der Waals surface area (Å²) >= 11 is 0. The summed E-state index contributed by atoms with van der Waals surface area (Å²) in [6, 6.07) is 9.43. The molecule has 0 atom stereocenters. The Morgan fingerprint density at radius 1 is 1.12 bits per heavy atom. The predicted octanol–water partition coefficient (Wildman–Crippen LogP) is 2.29. The number of carbonyl (C=O) groups is 2. The number of hydrogen-bond acceptors (Lipinski definition) is 4. The molecule has 2 aliphatic heterocycles. The van der Waals surface area contributed by atoms with Gasteiger partial charge in [0.1, 0.15) is 0 Å². The average molecular weight is 367 g/mol. The number of ketones is 1. The molecule has 2 aliphatic rings. The van der Waals surface area contributed by atoms with Crippen LogP contribution < -0.4 is 5.73 Å². The summed E-state index contributed by atoms with van der Waals surface area (Å²) in [5.41, 5.74) is 6.25. The molecular weight excluding hydrogens is 340 g/mol. The predicted molar refractivity (Wildman–Crippen MR) is 98.9 cm³/mol. The lowest BCUT2D eigenvalue weighted by Crippen LogP contribution is -2.53. The zero-order valence-electron chi connectivity index (χ0n) is 14.5. The van der Waals surface area contributed by atoms with E-state index in [9.17, 15) is 9.59 Å². The minimum atomic E-state index is -0.464. The van der Waals surface area contributed by atoms with Gasteiger partial charge in [-0.2, -0.15) is 0 Å². The molecule has 0 radical (unpaired) electrons. The van der Waals surface area contributed by atoms with Crippen LogP contribution in [-0.2, 0) is 9.53 Å². The smallest absolute Gasteiger partial charge is 0.230 e. The van der Waals surface area contributed by atoms with E-state index in [0.717, 1.165) is 18.4 Å². The van der Waals surface area contributed by atoms with Crippen molar-refractivity contribution in [2.75, 3.05) is 32.8 Å². The monoisotopic (exact) mass is 366 g/mol. The fourth-order valence-electron chi connectivity index (χ4n) is 3.79. The normalized spacial score (nSPS) is 20.6. The number of hydrogen-bond donors (Lipinski definition) is 1. The van der Waals surface area contributed by atoms with Crippen LogP contribution in [0.15, 0.2) is 30.3 Å². The Balaban J connectivity index is 0.00000225. The van der Waals surface area contributed by atoms with E-state index in [0.29, 0.717) is 45.7 Å². The molecule has 2 heterocycles. The van der Waals surface area contributed by atoms with E-state index in [-0.39, 0.29) is 30.0 Å². The van der Waals surface area contributed by atoms with Gasteiger partial charge in [-0.1, -0.05) is 30.3 Å². The molecule has 5 nitrogen and oxygen atoms in total. The molecule has 0 spiro atoms. The van der Waals surface area contributed by atoms with Crippen molar-refractivity contribution >= 4 is 24.1 Å². The first kappa shape index (κ1) is 19.9. The van der Waals surface area contributed by atoms with Gasteiger partial charge in [-0.15, -0.1) is 12.4 Å². The van der Waals surface area contributed by atoms with Gasteiger partial charge < -0.3 is 15.4 Å². The van der Waals surface area contributed by atoms with Crippen molar-refractivity contribution < 1.29 is 14.3 Å². The Labute approximate surface area is 155 Å². The van der Waals surface area contributed by atoms with Crippen LogP contribution in [0.2, 0.25) is 0 Å². The molecule has 1 amide bonds.